The number of piperidine rings is 1. The Bertz CT molecular complexity index is 990. The maximum Gasteiger partial charge on any atom is 0.255 e. The minimum absolute atomic E-state index is 0.108. The normalized spacial score (nSPS) is 26.8. The third-order valence-corrected chi connectivity index (χ3v) is 8.31. The van der Waals surface area contributed by atoms with Gasteiger partial charge in [-0.1, -0.05) is 18.9 Å². The SMILES string of the molecule is O=C1CCC(N2Cc3c(cccc3N(CCC3CC3)C3CCC4(CC3)OCCO4)C2=O)C(=O)N1. The molecular weight excluding hydrogens is 434 g/mol. The van der Waals surface area contributed by atoms with Gasteiger partial charge in [0.15, 0.2) is 5.79 Å². The Labute approximate surface area is 199 Å². The fourth-order valence-corrected chi connectivity index (χ4v) is 6.21. The highest BCUT2D eigenvalue weighted by atomic mass is 16.7. The largest absolute Gasteiger partial charge is 0.368 e. The fraction of sp³-hybridized carbons (Fsp3) is 0.654. The third kappa shape index (κ3) is 4.01. The first-order valence-corrected chi connectivity index (χ1v) is 12.8. The van der Waals surface area contributed by atoms with Gasteiger partial charge < -0.3 is 19.3 Å². The number of nitrogens with zero attached hydrogens (tertiary/aromatic N) is 2. The van der Waals surface area contributed by atoms with Crippen LogP contribution in [0.15, 0.2) is 18.2 Å². The monoisotopic (exact) mass is 467 g/mol. The molecule has 0 radical (unpaired) electrons. The summed E-state index contributed by atoms with van der Waals surface area (Å²) in [6.07, 6.45) is 8.25. The van der Waals surface area contributed by atoms with Crippen LogP contribution in [-0.4, -0.2) is 60.3 Å². The number of imide groups is 1. The van der Waals surface area contributed by atoms with Crippen LogP contribution in [0.2, 0.25) is 0 Å². The Morgan fingerprint density at radius 2 is 1.79 bits per heavy atom. The van der Waals surface area contributed by atoms with Crippen LogP contribution < -0.4 is 10.2 Å². The molecule has 3 aliphatic heterocycles. The summed E-state index contributed by atoms with van der Waals surface area (Å²) in [6.45, 7) is 2.76. The predicted octanol–water partition coefficient (Wildman–Crippen LogP) is 2.74. The summed E-state index contributed by atoms with van der Waals surface area (Å²) in [5.41, 5.74) is 2.82. The second-order valence-electron chi connectivity index (χ2n) is 10.5. The van der Waals surface area contributed by atoms with Gasteiger partial charge in [-0.15, -0.1) is 0 Å². The van der Waals surface area contributed by atoms with Crippen molar-refractivity contribution in [2.75, 3.05) is 24.7 Å². The first kappa shape index (κ1) is 22.0. The van der Waals surface area contributed by atoms with E-state index >= 15 is 0 Å². The van der Waals surface area contributed by atoms with Gasteiger partial charge in [-0.2, -0.15) is 0 Å². The number of nitrogens with one attached hydrogen (secondary N) is 1. The number of carbonyl (C=O) groups is 3. The number of rotatable bonds is 6. The first-order valence-electron chi connectivity index (χ1n) is 12.8. The van der Waals surface area contributed by atoms with E-state index in [4.69, 9.17) is 9.47 Å². The summed E-state index contributed by atoms with van der Waals surface area (Å²) in [6, 6.07) is 5.78. The van der Waals surface area contributed by atoms with Crippen LogP contribution in [0.5, 0.6) is 0 Å². The maximum atomic E-state index is 13.3. The number of ether oxygens (including phenoxy) is 2. The van der Waals surface area contributed by atoms with Crippen molar-refractivity contribution in [3.8, 4) is 0 Å². The molecule has 1 unspecified atom stereocenters. The van der Waals surface area contributed by atoms with Crippen molar-refractivity contribution >= 4 is 23.4 Å². The Kier molecular flexibility index (Phi) is 5.60. The fourth-order valence-electron chi connectivity index (χ4n) is 6.21. The molecule has 1 atom stereocenters. The van der Waals surface area contributed by atoms with Crippen molar-refractivity contribution in [1.82, 2.24) is 10.2 Å². The molecule has 1 N–H and O–H groups in total. The van der Waals surface area contributed by atoms with Crippen LogP contribution in [0.4, 0.5) is 5.69 Å². The summed E-state index contributed by atoms with van der Waals surface area (Å²) in [5, 5.41) is 2.40. The molecule has 2 saturated heterocycles. The number of benzene rings is 1. The van der Waals surface area contributed by atoms with Crippen LogP contribution in [0.25, 0.3) is 0 Å². The Hall–Kier alpha value is -2.45. The average Bonchev–Trinajstić information content (AvgIpc) is 3.46. The molecule has 1 spiro atoms. The van der Waals surface area contributed by atoms with Gasteiger partial charge in [0.1, 0.15) is 6.04 Å². The van der Waals surface area contributed by atoms with Gasteiger partial charge in [-0.3, -0.25) is 19.7 Å². The topological polar surface area (TPSA) is 88.2 Å². The summed E-state index contributed by atoms with van der Waals surface area (Å²) in [4.78, 5) is 41.6. The van der Waals surface area contributed by atoms with Crippen molar-refractivity contribution in [3.05, 3.63) is 29.3 Å². The quantitative estimate of drug-likeness (QED) is 0.648. The van der Waals surface area contributed by atoms with Crippen molar-refractivity contribution in [2.45, 2.75) is 82.2 Å². The van der Waals surface area contributed by atoms with Crippen LogP contribution in [0.3, 0.4) is 0 Å². The number of carbonyl (C=O) groups excluding carboxylic acids is 3. The third-order valence-electron chi connectivity index (χ3n) is 8.31. The lowest BCUT2D eigenvalue weighted by atomic mass is 9.88. The highest BCUT2D eigenvalue weighted by Gasteiger charge is 2.44. The number of amides is 3. The average molecular weight is 468 g/mol. The van der Waals surface area contributed by atoms with Gasteiger partial charge in [0.05, 0.1) is 13.2 Å². The molecule has 8 nitrogen and oxygen atoms in total. The summed E-state index contributed by atoms with van der Waals surface area (Å²) >= 11 is 0. The first-order chi connectivity index (χ1) is 16.5. The van der Waals surface area contributed by atoms with E-state index < -0.39 is 11.8 Å². The molecule has 6 rings (SSSR count). The molecule has 1 aromatic rings. The smallest absolute Gasteiger partial charge is 0.255 e. The molecule has 182 valence electrons. The minimum atomic E-state index is -0.587. The van der Waals surface area contributed by atoms with E-state index in [0.717, 1.165) is 49.4 Å². The van der Waals surface area contributed by atoms with E-state index in [9.17, 15) is 14.4 Å². The lowest BCUT2D eigenvalue weighted by Gasteiger charge is -2.42. The zero-order valence-electron chi connectivity index (χ0n) is 19.6. The Balaban J connectivity index is 1.25. The van der Waals surface area contributed by atoms with Crippen LogP contribution in [-0.2, 0) is 25.6 Å². The van der Waals surface area contributed by atoms with E-state index in [2.05, 4.69) is 16.3 Å². The zero-order valence-corrected chi connectivity index (χ0v) is 19.6. The number of hydrogen-bond acceptors (Lipinski definition) is 6. The summed E-state index contributed by atoms with van der Waals surface area (Å²) in [7, 11) is 0. The van der Waals surface area contributed by atoms with Crippen molar-refractivity contribution in [3.63, 3.8) is 0 Å². The zero-order chi connectivity index (χ0) is 23.3. The van der Waals surface area contributed by atoms with Gasteiger partial charge in [-0.25, -0.2) is 0 Å². The molecule has 1 aromatic carbocycles. The van der Waals surface area contributed by atoms with Crippen LogP contribution >= 0.6 is 0 Å². The molecule has 3 amide bonds. The number of fused-ring (bicyclic) bond motifs is 1. The van der Waals surface area contributed by atoms with E-state index in [1.165, 1.54) is 19.3 Å². The highest BCUT2D eigenvalue weighted by molar-refractivity contribution is 6.06. The second-order valence-corrected chi connectivity index (χ2v) is 10.5. The standard InChI is InChI=1S/C26H33N3O5/c30-23-7-6-22(24(31)27-23)29-16-20-19(25(29)32)2-1-3-21(20)28(13-10-17-4-5-17)18-8-11-26(12-9-18)33-14-15-34-26/h1-3,17-18,22H,4-16H2,(H,27,30,31). The molecule has 8 heteroatoms. The molecule has 3 heterocycles. The molecule has 0 bridgehead atoms. The van der Waals surface area contributed by atoms with Gasteiger partial charge in [0.2, 0.25) is 11.8 Å². The van der Waals surface area contributed by atoms with E-state index in [0.29, 0.717) is 37.8 Å². The van der Waals surface area contributed by atoms with Crippen molar-refractivity contribution < 1.29 is 23.9 Å². The van der Waals surface area contributed by atoms with Crippen molar-refractivity contribution in [1.29, 1.82) is 0 Å². The molecule has 4 fully saturated rings. The number of anilines is 1. The van der Waals surface area contributed by atoms with E-state index in [1.807, 2.05) is 12.1 Å². The Morgan fingerprint density at radius 1 is 1.03 bits per heavy atom. The lowest BCUT2D eigenvalue weighted by molar-refractivity contribution is -0.178. The highest BCUT2D eigenvalue weighted by Crippen LogP contribution is 2.42. The lowest BCUT2D eigenvalue weighted by Crippen LogP contribution is -2.52. The molecule has 34 heavy (non-hydrogen) atoms. The predicted molar refractivity (Wildman–Crippen MR) is 124 cm³/mol. The summed E-state index contributed by atoms with van der Waals surface area (Å²) < 4.78 is 11.9. The van der Waals surface area contributed by atoms with Gasteiger partial charge in [0.25, 0.3) is 5.91 Å². The van der Waals surface area contributed by atoms with Crippen molar-refractivity contribution in [2.24, 2.45) is 5.92 Å². The molecule has 2 aliphatic carbocycles. The van der Waals surface area contributed by atoms with E-state index in [1.54, 1.807) is 4.90 Å². The maximum absolute atomic E-state index is 13.3. The molecular formula is C26H33N3O5. The molecule has 5 aliphatic rings. The molecule has 2 saturated carbocycles. The van der Waals surface area contributed by atoms with Gasteiger partial charge in [0, 0.05) is 55.2 Å². The number of hydrogen-bond donors (Lipinski definition) is 1. The summed E-state index contributed by atoms with van der Waals surface area (Å²) in [5.74, 6) is -0.307. The Morgan fingerprint density at radius 3 is 2.50 bits per heavy atom. The molecule has 0 aromatic heterocycles. The van der Waals surface area contributed by atoms with E-state index in [-0.39, 0.29) is 24.1 Å². The second kappa shape index (κ2) is 8.64. The van der Waals surface area contributed by atoms with Gasteiger partial charge in [-0.05, 0) is 43.7 Å². The van der Waals surface area contributed by atoms with Crippen LogP contribution in [0.1, 0.15) is 73.7 Å². The van der Waals surface area contributed by atoms with Gasteiger partial charge >= 0.3 is 0 Å². The minimum Gasteiger partial charge on any atom is -0.368 e. The van der Waals surface area contributed by atoms with Crippen LogP contribution in [0, 0.1) is 5.92 Å².